The van der Waals surface area contributed by atoms with Crippen LogP contribution in [-0.4, -0.2) is 93.5 Å². The van der Waals surface area contributed by atoms with Crippen LogP contribution in [0, 0.1) is 17.8 Å². The van der Waals surface area contributed by atoms with Gasteiger partial charge in [-0.2, -0.15) is 0 Å². The van der Waals surface area contributed by atoms with E-state index < -0.39 is 71.5 Å². The molecule has 3 saturated heterocycles. The van der Waals surface area contributed by atoms with E-state index in [1.807, 2.05) is 108 Å². The number of aromatic hydroxyl groups is 1. The number of carbonyl (C=O) groups excluding carboxylic acids is 5. The number of anilines is 2. The molecule has 352 valence electrons. The van der Waals surface area contributed by atoms with Crippen molar-refractivity contribution in [3.8, 4) is 17.6 Å². The molecule has 16 heteroatoms. The van der Waals surface area contributed by atoms with E-state index in [2.05, 4.69) is 32.4 Å². The number of esters is 1. The lowest BCUT2D eigenvalue weighted by Gasteiger charge is -2.46. The van der Waals surface area contributed by atoms with Crippen molar-refractivity contribution < 1.29 is 33.8 Å². The Bertz CT molecular complexity index is 3000. The van der Waals surface area contributed by atoms with Crippen LogP contribution in [0.5, 0.6) is 5.75 Å². The number of nitrogens with one attached hydrogen (secondary N) is 2. The summed E-state index contributed by atoms with van der Waals surface area (Å²) < 4.78 is 6.62. The number of primary amides is 1. The van der Waals surface area contributed by atoms with Gasteiger partial charge in [-0.3, -0.25) is 19.3 Å². The Hall–Kier alpha value is -8.55. The van der Waals surface area contributed by atoms with Crippen molar-refractivity contribution in [1.29, 1.82) is 0 Å². The van der Waals surface area contributed by atoms with Crippen LogP contribution >= 0.6 is 0 Å². The zero-order chi connectivity index (χ0) is 48.5. The fraction of sp³-hybridized carbons (Fsp3) is 0.241. The molecule has 7 atom stereocenters. The van der Waals surface area contributed by atoms with Crippen molar-refractivity contribution in [2.24, 2.45) is 11.7 Å². The second kappa shape index (κ2) is 18.9. The zero-order valence-corrected chi connectivity index (χ0v) is 38.1. The Morgan fingerprint density at radius 2 is 1.44 bits per heavy atom. The minimum absolute atomic E-state index is 0.0451. The topological polar surface area (TPSA) is 204 Å². The highest BCUT2D eigenvalue weighted by molar-refractivity contribution is 6.24. The number of benzene rings is 5. The average Bonchev–Trinajstić information content (AvgIpc) is 3.85. The van der Waals surface area contributed by atoms with Crippen LogP contribution in [0.15, 0.2) is 152 Å². The molecule has 6 aromatic rings. The normalized spacial score (nSPS) is 23.1. The average molecular weight is 936 g/mol. The number of imide groups is 1. The fourth-order valence-electron chi connectivity index (χ4n) is 10.8. The monoisotopic (exact) mass is 935 g/mol. The third-order valence-corrected chi connectivity index (χ3v) is 13.8. The van der Waals surface area contributed by atoms with Crippen molar-refractivity contribution in [2.75, 3.05) is 42.5 Å². The molecule has 1 spiro atoms. The number of aromatic nitrogens is 2. The van der Waals surface area contributed by atoms with Gasteiger partial charge in [0.05, 0.1) is 36.3 Å². The Morgan fingerprint density at radius 3 is 2.10 bits per heavy atom. The van der Waals surface area contributed by atoms with Gasteiger partial charge >= 0.3 is 18.0 Å². The van der Waals surface area contributed by atoms with E-state index in [0.29, 0.717) is 35.7 Å². The molecule has 0 saturated carbocycles. The molecule has 4 aliphatic rings. The number of fused-ring (bicyclic) bond motifs is 3. The lowest BCUT2D eigenvalue weighted by molar-refractivity contribution is -0.179. The summed E-state index contributed by atoms with van der Waals surface area (Å²) in [6.07, 6.45) is 2.38. The number of rotatable bonds is 8. The molecular formula is C54H49N9O7. The van der Waals surface area contributed by atoms with Gasteiger partial charge < -0.3 is 36.0 Å². The molecule has 10 rings (SSSR count). The molecule has 70 heavy (non-hydrogen) atoms. The van der Waals surface area contributed by atoms with Gasteiger partial charge in [-0.1, -0.05) is 115 Å². The van der Waals surface area contributed by atoms with Gasteiger partial charge in [-0.25, -0.2) is 24.5 Å². The molecule has 0 aliphatic carbocycles. The number of amides is 6. The number of phenols is 1. The van der Waals surface area contributed by atoms with Crippen LogP contribution in [0.4, 0.5) is 21.2 Å². The maximum absolute atomic E-state index is 16.7. The van der Waals surface area contributed by atoms with Crippen LogP contribution in [0.2, 0.25) is 0 Å². The number of cyclic esters (lactones) is 1. The summed E-state index contributed by atoms with van der Waals surface area (Å²) in [5.74, 6) is 2.99. The molecule has 3 fully saturated rings. The summed E-state index contributed by atoms with van der Waals surface area (Å²) >= 11 is 0. The van der Waals surface area contributed by atoms with Crippen molar-refractivity contribution in [3.05, 3.63) is 185 Å². The smallest absolute Gasteiger partial charge is 0.329 e. The first-order chi connectivity index (χ1) is 34.1. The summed E-state index contributed by atoms with van der Waals surface area (Å²) in [6.45, 7) is 2.84. The molecule has 16 nitrogen and oxygen atoms in total. The number of hydrogen-bond donors (Lipinski definition) is 4. The first-order valence-corrected chi connectivity index (χ1v) is 23.1. The second-order valence-corrected chi connectivity index (χ2v) is 17.7. The van der Waals surface area contributed by atoms with Crippen LogP contribution in [-0.2, 0) is 24.5 Å². The number of carbonyl (C=O) groups is 5. The molecular weight excluding hydrogens is 887 g/mol. The molecule has 0 radical (unpaired) electrons. The number of piperazine rings is 1. The molecule has 5 heterocycles. The second-order valence-electron chi connectivity index (χ2n) is 17.7. The first-order valence-electron chi connectivity index (χ1n) is 23.1. The third kappa shape index (κ3) is 7.99. The first kappa shape index (κ1) is 45.2. The number of nitrogens with two attached hydrogens (primary N) is 1. The zero-order valence-electron chi connectivity index (χ0n) is 38.1. The highest BCUT2D eigenvalue weighted by atomic mass is 16.6. The molecule has 6 amide bonds. The highest BCUT2D eigenvalue weighted by Crippen LogP contribution is 2.66. The van der Waals surface area contributed by atoms with Crippen LogP contribution < -0.4 is 26.2 Å². The van der Waals surface area contributed by atoms with Gasteiger partial charge in [-0.15, -0.1) is 0 Å². The molecule has 5 N–H and O–H groups in total. The summed E-state index contributed by atoms with van der Waals surface area (Å²) in [6, 6.07) is 35.9. The van der Waals surface area contributed by atoms with Crippen molar-refractivity contribution in [2.45, 2.75) is 42.6 Å². The van der Waals surface area contributed by atoms with E-state index in [-0.39, 0.29) is 36.6 Å². The standard InChI is InChI=1S/C54H49N9O7/c1-34(36-14-5-2-6-15-36)59-53(69)62-42-25-20-35(13-11-26-56-51(55)68)33-41(42)54(50(62)67)43(48(65)60-29-31-61(32-30-60)52-57-27-12-28-58-52)45-49(66)70-46(38-18-9-4-10-19-38)44(37-16-7-3-8-17-37)63(45)47(54)39-21-23-40(64)24-22-39/h2-10,12,14-25,27-28,33-34,43-47,64H,26,29-32H2,1H3,(H,59,69)(H3,55,56,68)/t34-,43-,44-,45-,46+,47+,54-/m1/s1. The Balaban J connectivity index is 1.22. The van der Waals surface area contributed by atoms with E-state index in [1.54, 1.807) is 53.7 Å². The van der Waals surface area contributed by atoms with E-state index in [4.69, 9.17) is 10.5 Å². The van der Waals surface area contributed by atoms with Gasteiger partial charge in [0.15, 0.2) is 0 Å². The number of hydrogen-bond acceptors (Lipinski definition) is 11. The minimum atomic E-state index is -2.04. The quantitative estimate of drug-likeness (QED) is 0.108. The van der Waals surface area contributed by atoms with Crippen LogP contribution in [0.3, 0.4) is 0 Å². The van der Waals surface area contributed by atoms with Crippen molar-refractivity contribution in [1.82, 2.24) is 30.4 Å². The van der Waals surface area contributed by atoms with E-state index in [0.717, 1.165) is 16.0 Å². The SMILES string of the molecule is C[C@@H](NC(=O)N1C(=O)[C@@]2(c3cc(C#CCNC(N)=O)ccc31)[C@H](c1ccc(O)cc1)N1[C@H](c3ccccc3)[C@H](c3ccccc3)OC(=O)[C@H]1[C@@H]2C(=O)N1CCN(c2ncccn2)CC1)c1ccccc1. The number of urea groups is 2. The summed E-state index contributed by atoms with van der Waals surface area (Å²) in [4.78, 5) is 90.7. The van der Waals surface area contributed by atoms with Gasteiger partial charge in [0, 0.05) is 44.1 Å². The Labute approximate surface area is 404 Å². The number of ether oxygens (including phenoxy) is 1. The van der Waals surface area contributed by atoms with Crippen LogP contribution in [0.1, 0.15) is 64.5 Å². The number of nitrogens with zero attached hydrogens (tertiary/aromatic N) is 6. The highest BCUT2D eigenvalue weighted by Gasteiger charge is 2.76. The fourth-order valence-corrected chi connectivity index (χ4v) is 10.8. The molecule has 5 aromatic carbocycles. The maximum atomic E-state index is 16.7. The van der Waals surface area contributed by atoms with Gasteiger partial charge in [0.1, 0.15) is 23.3 Å². The third-order valence-electron chi connectivity index (χ3n) is 13.8. The maximum Gasteiger partial charge on any atom is 0.329 e. The minimum Gasteiger partial charge on any atom is -0.508 e. The largest absolute Gasteiger partial charge is 0.508 e. The van der Waals surface area contributed by atoms with E-state index in [1.165, 1.54) is 12.1 Å². The molecule has 4 aliphatic heterocycles. The summed E-state index contributed by atoms with van der Waals surface area (Å²) in [5, 5.41) is 16.3. The molecule has 0 unspecified atom stereocenters. The van der Waals surface area contributed by atoms with Gasteiger partial charge in [-0.05, 0) is 71.1 Å². The lowest BCUT2D eigenvalue weighted by atomic mass is 9.64. The van der Waals surface area contributed by atoms with E-state index in [9.17, 15) is 9.90 Å². The van der Waals surface area contributed by atoms with Gasteiger partial charge in [0.25, 0.3) is 0 Å². The molecule has 1 aromatic heterocycles. The van der Waals surface area contributed by atoms with Crippen LogP contribution in [0.25, 0.3) is 0 Å². The lowest BCUT2D eigenvalue weighted by Crippen LogP contribution is -2.59. The Kier molecular flexibility index (Phi) is 12.2. The summed E-state index contributed by atoms with van der Waals surface area (Å²) in [7, 11) is 0. The van der Waals surface area contributed by atoms with Gasteiger partial charge in [0.2, 0.25) is 17.8 Å². The molecule has 0 bridgehead atoms. The Morgan fingerprint density at radius 1 is 0.800 bits per heavy atom. The predicted octanol–water partition coefficient (Wildman–Crippen LogP) is 5.69. The van der Waals surface area contributed by atoms with E-state index >= 15 is 19.2 Å². The van der Waals surface area contributed by atoms with Crippen molar-refractivity contribution in [3.63, 3.8) is 0 Å². The number of phenolic OH excluding ortho intramolecular Hbond substituents is 1. The number of morpholine rings is 1. The van der Waals surface area contributed by atoms with Crippen molar-refractivity contribution >= 4 is 41.5 Å². The summed E-state index contributed by atoms with van der Waals surface area (Å²) in [5.41, 5.74) is 6.90. The predicted molar refractivity (Wildman–Crippen MR) is 259 cm³/mol.